The maximum absolute atomic E-state index is 12.1. The van der Waals surface area contributed by atoms with Gasteiger partial charge in [0.15, 0.2) is 0 Å². The molecule has 120 valence electrons. The Morgan fingerprint density at radius 2 is 1.82 bits per heavy atom. The zero-order valence-electron chi connectivity index (χ0n) is 13.6. The molecular formula is C18H25NO3. The van der Waals surface area contributed by atoms with Crippen LogP contribution in [0.3, 0.4) is 0 Å². The van der Waals surface area contributed by atoms with Gasteiger partial charge in [-0.25, -0.2) is 0 Å². The molecule has 0 bridgehead atoms. The first-order valence-corrected chi connectivity index (χ1v) is 7.72. The van der Waals surface area contributed by atoms with Crippen LogP contribution in [0.25, 0.3) is 6.08 Å². The van der Waals surface area contributed by atoms with Crippen LogP contribution in [0, 0.1) is 0 Å². The standard InChI is InChI=1S/C18H25NO3/c1-4-12-19(13-11-18(21)22)17(20)10-7-15-5-8-16(9-6-15)14(2)3/h5-10,14H,4,11-13H2,1-3H3,(H,21,22)/b10-7+. The Hall–Kier alpha value is -2.10. The number of carboxylic acid groups (broad SMARTS) is 1. The predicted molar refractivity (Wildman–Crippen MR) is 88.7 cm³/mol. The fraction of sp³-hybridized carbons (Fsp3) is 0.444. The third-order valence-electron chi connectivity index (χ3n) is 3.42. The number of nitrogens with zero attached hydrogens (tertiary/aromatic N) is 1. The minimum Gasteiger partial charge on any atom is -0.481 e. The number of rotatable bonds is 8. The van der Waals surface area contributed by atoms with Gasteiger partial charge in [0.05, 0.1) is 6.42 Å². The Bertz CT molecular complexity index is 518. The molecule has 0 heterocycles. The summed E-state index contributed by atoms with van der Waals surface area (Å²) in [5, 5.41) is 8.74. The molecule has 0 aromatic heterocycles. The van der Waals surface area contributed by atoms with Crippen molar-refractivity contribution in [3.63, 3.8) is 0 Å². The Kier molecular flexibility index (Phi) is 7.37. The summed E-state index contributed by atoms with van der Waals surface area (Å²) in [6.45, 7) is 7.07. The zero-order chi connectivity index (χ0) is 16.5. The molecule has 22 heavy (non-hydrogen) atoms. The smallest absolute Gasteiger partial charge is 0.305 e. The van der Waals surface area contributed by atoms with Crippen molar-refractivity contribution >= 4 is 18.0 Å². The molecular weight excluding hydrogens is 278 g/mol. The van der Waals surface area contributed by atoms with E-state index in [4.69, 9.17) is 5.11 Å². The van der Waals surface area contributed by atoms with E-state index in [-0.39, 0.29) is 18.9 Å². The number of hydrogen-bond acceptors (Lipinski definition) is 2. The van der Waals surface area contributed by atoms with Crippen molar-refractivity contribution in [3.8, 4) is 0 Å². The fourth-order valence-corrected chi connectivity index (χ4v) is 2.10. The van der Waals surface area contributed by atoms with Gasteiger partial charge >= 0.3 is 5.97 Å². The van der Waals surface area contributed by atoms with Crippen LogP contribution in [-0.2, 0) is 9.59 Å². The Labute approximate surface area is 132 Å². The quantitative estimate of drug-likeness (QED) is 0.747. The highest BCUT2D eigenvalue weighted by atomic mass is 16.4. The van der Waals surface area contributed by atoms with Gasteiger partial charge in [0.1, 0.15) is 0 Å². The van der Waals surface area contributed by atoms with Crippen molar-refractivity contribution in [2.75, 3.05) is 13.1 Å². The molecule has 1 amide bonds. The van der Waals surface area contributed by atoms with Gasteiger partial charge in [0.25, 0.3) is 0 Å². The molecule has 0 saturated carbocycles. The molecule has 0 aliphatic heterocycles. The molecule has 0 aliphatic rings. The minimum absolute atomic E-state index is 0.0251. The maximum Gasteiger partial charge on any atom is 0.305 e. The van der Waals surface area contributed by atoms with Gasteiger partial charge in [-0.3, -0.25) is 9.59 Å². The lowest BCUT2D eigenvalue weighted by atomic mass is 10.0. The van der Waals surface area contributed by atoms with E-state index >= 15 is 0 Å². The van der Waals surface area contributed by atoms with Gasteiger partial charge in [0, 0.05) is 19.2 Å². The molecule has 0 spiro atoms. The number of carboxylic acids is 1. The summed E-state index contributed by atoms with van der Waals surface area (Å²) in [5.74, 6) is -0.547. The van der Waals surface area contributed by atoms with Crippen LogP contribution in [0.15, 0.2) is 30.3 Å². The van der Waals surface area contributed by atoms with Crippen molar-refractivity contribution in [1.29, 1.82) is 0 Å². The molecule has 0 unspecified atom stereocenters. The van der Waals surface area contributed by atoms with Gasteiger partial charge in [0.2, 0.25) is 5.91 Å². The van der Waals surface area contributed by atoms with Crippen molar-refractivity contribution in [2.45, 2.75) is 39.5 Å². The first kappa shape index (κ1) is 18.0. The summed E-state index contributed by atoms with van der Waals surface area (Å²) in [5.41, 5.74) is 2.23. The van der Waals surface area contributed by atoms with E-state index < -0.39 is 5.97 Å². The third kappa shape index (κ3) is 6.12. The van der Waals surface area contributed by atoms with Crippen LogP contribution < -0.4 is 0 Å². The molecule has 1 aromatic rings. The molecule has 0 atom stereocenters. The summed E-state index contributed by atoms with van der Waals surface area (Å²) < 4.78 is 0. The first-order valence-electron chi connectivity index (χ1n) is 7.72. The Balaban J connectivity index is 2.68. The maximum atomic E-state index is 12.1. The third-order valence-corrected chi connectivity index (χ3v) is 3.42. The molecule has 0 fully saturated rings. The monoisotopic (exact) mass is 303 g/mol. The lowest BCUT2D eigenvalue weighted by Gasteiger charge is -2.19. The average molecular weight is 303 g/mol. The van der Waals surface area contributed by atoms with E-state index in [2.05, 4.69) is 26.0 Å². The molecule has 1 rings (SSSR count). The van der Waals surface area contributed by atoms with Crippen molar-refractivity contribution in [3.05, 3.63) is 41.5 Å². The number of amides is 1. The minimum atomic E-state index is -0.887. The number of benzene rings is 1. The second-order valence-corrected chi connectivity index (χ2v) is 5.62. The van der Waals surface area contributed by atoms with Crippen molar-refractivity contribution < 1.29 is 14.7 Å². The second-order valence-electron chi connectivity index (χ2n) is 5.62. The highest BCUT2D eigenvalue weighted by Gasteiger charge is 2.11. The van der Waals surface area contributed by atoms with Gasteiger partial charge < -0.3 is 10.0 Å². The molecule has 1 aromatic carbocycles. The van der Waals surface area contributed by atoms with Crippen LogP contribution in [0.5, 0.6) is 0 Å². The highest BCUT2D eigenvalue weighted by Crippen LogP contribution is 2.15. The molecule has 1 N–H and O–H groups in total. The number of carbonyl (C=O) groups excluding carboxylic acids is 1. The topological polar surface area (TPSA) is 57.6 Å². The summed E-state index contributed by atoms with van der Waals surface area (Å²) in [4.78, 5) is 24.4. The summed E-state index contributed by atoms with van der Waals surface area (Å²) in [6, 6.07) is 8.09. The van der Waals surface area contributed by atoms with E-state index in [0.717, 1.165) is 12.0 Å². The second kappa shape index (κ2) is 9.03. The summed E-state index contributed by atoms with van der Waals surface area (Å²) in [7, 11) is 0. The van der Waals surface area contributed by atoms with Gasteiger partial charge in [-0.05, 0) is 29.5 Å². The zero-order valence-corrected chi connectivity index (χ0v) is 13.6. The summed E-state index contributed by atoms with van der Waals surface area (Å²) >= 11 is 0. The fourth-order valence-electron chi connectivity index (χ4n) is 2.10. The van der Waals surface area contributed by atoms with Crippen LogP contribution in [-0.4, -0.2) is 35.0 Å². The van der Waals surface area contributed by atoms with Crippen LogP contribution in [0.4, 0.5) is 0 Å². The van der Waals surface area contributed by atoms with Crippen LogP contribution >= 0.6 is 0 Å². The van der Waals surface area contributed by atoms with Crippen LogP contribution in [0.2, 0.25) is 0 Å². The Morgan fingerprint density at radius 3 is 2.32 bits per heavy atom. The number of aliphatic carboxylic acids is 1. The average Bonchev–Trinajstić information content (AvgIpc) is 2.49. The van der Waals surface area contributed by atoms with E-state index in [1.807, 2.05) is 19.1 Å². The molecule has 0 aliphatic carbocycles. The largest absolute Gasteiger partial charge is 0.481 e. The first-order chi connectivity index (χ1) is 10.4. The molecule has 0 radical (unpaired) electrons. The lowest BCUT2D eigenvalue weighted by Crippen LogP contribution is -2.32. The van der Waals surface area contributed by atoms with Gasteiger partial charge in [-0.15, -0.1) is 0 Å². The lowest BCUT2D eigenvalue weighted by molar-refractivity contribution is -0.138. The van der Waals surface area contributed by atoms with Crippen LogP contribution in [0.1, 0.15) is 50.7 Å². The van der Waals surface area contributed by atoms with Crippen molar-refractivity contribution in [1.82, 2.24) is 4.90 Å². The van der Waals surface area contributed by atoms with Crippen molar-refractivity contribution in [2.24, 2.45) is 0 Å². The highest BCUT2D eigenvalue weighted by molar-refractivity contribution is 5.92. The molecule has 4 heteroatoms. The van der Waals surface area contributed by atoms with E-state index in [0.29, 0.717) is 12.5 Å². The SMILES string of the molecule is CCCN(CCC(=O)O)C(=O)/C=C/c1ccc(C(C)C)cc1. The Morgan fingerprint density at radius 1 is 1.18 bits per heavy atom. The number of carbonyl (C=O) groups is 2. The van der Waals surface area contributed by atoms with E-state index in [9.17, 15) is 9.59 Å². The normalized spacial score (nSPS) is 11.1. The number of hydrogen-bond donors (Lipinski definition) is 1. The van der Waals surface area contributed by atoms with E-state index in [1.54, 1.807) is 11.0 Å². The van der Waals surface area contributed by atoms with E-state index in [1.165, 1.54) is 11.6 Å². The molecule has 4 nitrogen and oxygen atoms in total. The van der Waals surface area contributed by atoms with Gasteiger partial charge in [-0.2, -0.15) is 0 Å². The summed E-state index contributed by atoms with van der Waals surface area (Å²) in [6.07, 6.45) is 4.07. The van der Waals surface area contributed by atoms with Gasteiger partial charge in [-0.1, -0.05) is 45.0 Å². The predicted octanol–water partition coefficient (Wildman–Crippen LogP) is 3.54. The molecule has 0 saturated heterocycles.